The summed E-state index contributed by atoms with van der Waals surface area (Å²) in [6.07, 6.45) is 4.16. The Morgan fingerprint density at radius 1 is 0.913 bits per heavy atom. The third-order valence-corrected chi connectivity index (χ3v) is 16.0. The van der Waals surface area contributed by atoms with Gasteiger partial charge in [0.15, 0.2) is 5.60 Å². The monoisotopic (exact) mass is 655 g/mol. The molecule has 0 bridgehead atoms. The predicted molar refractivity (Wildman–Crippen MR) is 192 cm³/mol. The molecule has 0 aliphatic heterocycles. The van der Waals surface area contributed by atoms with Crippen LogP contribution in [0.1, 0.15) is 70.9 Å². The summed E-state index contributed by atoms with van der Waals surface area (Å²) in [4.78, 5) is 9.15. The fourth-order valence-corrected chi connectivity index (χ4v) is 12.8. The van der Waals surface area contributed by atoms with Crippen molar-refractivity contribution < 1.29 is 14.3 Å². The minimum absolute atomic E-state index is 0.450. The van der Waals surface area contributed by atoms with Gasteiger partial charge >= 0.3 is 0 Å². The molecule has 0 radical (unpaired) electrons. The minimum Gasteiger partial charge on any atom is -0.543 e. The molecule has 2 heterocycles. The van der Waals surface area contributed by atoms with E-state index < -0.39 is 13.9 Å². The Hall–Kier alpha value is -3.65. The maximum absolute atomic E-state index is 12.8. The van der Waals surface area contributed by atoms with Gasteiger partial charge in [-0.15, -0.1) is 0 Å². The first-order chi connectivity index (χ1) is 21.9. The Bertz CT molecular complexity index is 1830. The lowest BCUT2D eigenvalue weighted by molar-refractivity contribution is 0.117. The zero-order valence-corrected chi connectivity index (χ0v) is 30.2. The summed E-state index contributed by atoms with van der Waals surface area (Å²) in [5.41, 5.74) is 5.56. The van der Waals surface area contributed by atoms with Crippen LogP contribution in [0.3, 0.4) is 0 Å². The minimum atomic E-state index is -2.17. The summed E-state index contributed by atoms with van der Waals surface area (Å²) in [5, 5.41) is 14.4. The van der Waals surface area contributed by atoms with E-state index in [1.807, 2.05) is 54.1 Å². The number of hydrogen-bond donors (Lipinski definition) is 1. The smallest absolute Gasteiger partial charge is 0.258 e. The Morgan fingerprint density at radius 3 is 2.20 bits per heavy atom. The molecule has 8 heteroatoms. The van der Waals surface area contributed by atoms with Crippen LogP contribution in [0.15, 0.2) is 79.3 Å². The van der Waals surface area contributed by atoms with Crippen molar-refractivity contribution in [2.75, 3.05) is 7.11 Å². The number of fused-ring (bicyclic) bond motifs is 1. The number of methoxy groups -OCH3 is 1. The highest BCUT2D eigenvalue weighted by Crippen LogP contribution is 2.44. The number of halogens is 1. The molecular weight excluding hydrogens is 610 g/mol. The second kappa shape index (κ2) is 13.2. The number of rotatable bonds is 11. The molecule has 0 fully saturated rings. The highest BCUT2D eigenvalue weighted by molar-refractivity contribution is 6.78. The van der Waals surface area contributed by atoms with Gasteiger partial charge in [0.1, 0.15) is 5.75 Å². The van der Waals surface area contributed by atoms with Gasteiger partial charge in [-0.3, -0.25) is 0 Å². The van der Waals surface area contributed by atoms with Crippen molar-refractivity contribution in [2.24, 2.45) is 7.05 Å². The fraction of sp³-hybridized carbons (Fsp3) is 0.368. The molecule has 1 unspecified atom stereocenters. The molecule has 46 heavy (non-hydrogen) atoms. The van der Waals surface area contributed by atoms with Crippen LogP contribution in [0.5, 0.6) is 11.6 Å². The van der Waals surface area contributed by atoms with Gasteiger partial charge < -0.3 is 18.8 Å². The van der Waals surface area contributed by atoms with Crippen molar-refractivity contribution >= 4 is 30.8 Å². The Kier molecular flexibility index (Phi) is 9.69. The molecule has 0 spiro atoms. The van der Waals surface area contributed by atoms with Crippen molar-refractivity contribution in [3.8, 4) is 22.8 Å². The van der Waals surface area contributed by atoms with Crippen LogP contribution < -0.4 is 9.16 Å². The number of ether oxygens (including phenoxy) is 1. The molecule has 6 nitrogen and oxygen atoms in total. The van der Waals surface area contributed by atoms with Gasteiger partial charge in [0, 0.05) is 23.5 Å². The number of imidazole rings is 1. The molecular formula is C38H46ClN3O3Si. The second-order valence-corrected chi connectivity index (χ2v) is 18.9. The van der Waals surface area contributed by atoms with Gasteiger partial charge in [-0.2, -0.15) is 0 Å². The van der Waals surface area contributed by atoms with Crippen molar-refractivity contribution in [1.29, 1.82) is 0 Å². The first-order valence-corrected chi connectivity index (χ1v) is 18.6. The average molecular weight is 656 g/mol. The summed E-state index contributed by atoms with van der Waals surface area (Å²) in [6.45, 7) is 15.8. The Balaban J connectivity index is 1.73. The molecule has 5 rings (SSSR count). The van der Waals surface area contributed by atoms with Crippen LogP contribution in [0.25, 0.3) is 22.0 Å². The summed E-state index contributed by atoms with van der Waals surface area (Å²) in [5.74, 6) is 1.39. The lowest BCUT2D eigenvalue weighted by Gasteiger charge is -2.42. The maximum Gasteiger partial charge on any atom is 0.258 e. The average Bonchev–Trinajstić information content (AvgIpc) is 3.48. The standard InChI is InChI=1S/C38H46ClN3O3Si/c1-10-27-18-29(14-16-34(27)39)38(43,36-22-40-23-42(36)8)30-15-17-35-33(20-30)32(21-37(41-35)44-9)28-12-11-13-31(19-28)45-46(24(2)3,25(4)5)26(6)7/h11-26,43H,10H2,1-9H3. The zero-order chi connectivity index (χ0) is 33.4. The summed E-state index contributed by atoms with van der Waals surface area (Å²) in [7, 11) is 1.35. The van der Waals surface area contributed by atoms with Gasteiger partial charge in [-0.1, -0.05) is 90.4 Å². The normalized spacial score (nSPS) is 13.5. The van der Waals surface area contributed by atoms with Crippen LogP contribution in [-0.2, 0) is 19.1 Å². The zero-order valence-electron chi connectivity index (χ0n) is 28.4. The Labute approximate surface area is 279 Å². The van der Waals surface area contributed by atoms with Crippen molar-refractivity contribution in [1.82, 2.24) is 14.5 Å². The lowest BCUT2D eigenvalue weighted by Crippen LogP contribution is -2.50. The molecule has 0 amide bonds. The highest BCUT2D eigenvalue weighted by Gasteiger charge is 2.47. The first-order valence-electron chi connectivity index (χ1n) is 16.1. The predicted octanol–water partition coefficient (Wildman–Crippen LogP) is 9.70. The first kappa shape index (κ1) is 33.7. The van der Waals surface area contributed by atoms with E-state index in [-0.39, 0.29) is 0 Å². The Morgan fingerprint density at radius 2 is 1.59 bits per heavy atom. The van der Waals surface area contributed by atoms with Crippen LogP contribution in [0, 0.1) is 0 Å². The van der Waals surface area contributed by atoms with E-state index in [9.17, 15) is 5.11 Å². The maximum atomic E-state index is 12.8. The molecule has 0 aliphatic carbocycles. The number of nitrogens with zero attached hydrogens (tertiary/aromatic N) is 3. The lowest BCUT2D eigenvalue weighted by atomic mass is 9.81. The highest BCUT2D eigenvalue weighted by atomic mass is 35.5. The van der Waals surface area contributed by atoms with Gasteiger partial charge in [0.25, 0.3) is 8.32 Å². The fourth-order valence-electron chi connectivity index (χ4n) is 7.29. The number of aryl methyl sites for hydroxylation is 2. The van der Waals surface area contributed by atoms with E-state index in [0.717, 1.165) is 39.8 Å². The van der Waals surface area contributed by atoms with E-state index in [0.29, 0.717) is 44.3 Å². The molecule has 1 N–H and O–H groups in total. The van der Waals surface area contributed by atoms with Gasteiger partial charge in [-0.25, -0.2) is 9.97 Å². The van der Waals surface area contributed by atoms with Crippen molar-refractivity contribution in [2.45, 2.75) is 77.1 Å². The number of benzene rings is 3. The number of aliphatic hydroxyl groups is 1. The van der Waals surface area contributed by atoms with Crippen LogP contribution in [0.2, 0.25) is 21.6 Å². The summed E-state index contributed by atoms with van der Waals surface area (Å²) in [6, 6.07) is 22.0. The van der Waals surface area contributed by atoms with E-state index in [1.54, 1.807) is 19.6 Å². The number of hydrogen-bond acceptors (Lipinski definition) is 5. The third-order valence-electron chi connectivity index (χ3n) is 9.59. The SMILES string of the molecule is CCc1cc(C(O)(c2ccc3nc(OC)cc(-c4cccc(O[Si](C(C)C)(C(C)C)C(C)C)c4)c3c2)c2cncn2C)ccc1Cl. The quantitative estimate of drug-likeness (QED) is 0.144. The van der Waals surface area contributed by atoms with Gasteiger partial charge in [0.05, 0.1) is 30.8 Å². The topological polar surface area (TPSA) is 69.4 Å². The van der Waals surface area contributed by atoms with Gasteiger partial charge in [0.2, 0.25) is 5.88 Å². The number of aromatic nitrogens is 3. The van der Waals surface area contributed by atoms with Crippen LogP contribution in [0.4, 0.5) is 0 Å². The number of pyridine rings is 1. The molecule has 0 aliphatic rings. The van der Waals surface area contributed by atoms with Crippen LogP contribution in [-0.4, -0.2) is 35.1 Å². The molecule has 0 saturated carbocycles. The van der Waals surface area contributed by atoms with E-state index in [2.05, 4.69) is 77.7 Å². The molecule has 242 valence electrons. The van der Waals surface area contributed by atoms with Crippen LogP contribution >= 0.6 is 11.6 Å². The molecule has 2 aromatic heterocycles. The summed E-state index contributed by atoms with van der Waals surface area (Å²) < 4.78 is 14.6. The van der Waals surface area contributed by atoms with Crippen molar-refractivity contribution in [3.63, 3.8) is 0 Å². The van der Waals surface area contributed by atoms with E-state index in [4.69, 9.17) is 25.7 Å². The van der Waals surface area contributed by atoms with E-state index in [1.165, 1.54) is 0 Å². The summed E-state index contributed by atoms with van der Waals surface area (Å²) >= 11 is 6.52. The molecule has 5 aromatic rings. The molecule has 0 saturated heterocycles. The molecule has 3 aromatic carbocycles. The second-order valence-electron chi connectivity index (χ2n) is 13.2. The third kappa shape index (κ3) is 5.85. The van der Waals surface area contributed by atoms with Gasteiger partial charge in [-0.05, 0) is 81.2 Å². The largest absolute Gasteiger partial charge is 0.543 e. The van der Waals surface area contributed by atoms with Crippen molar-refractivity contribution in [3.05, 3.63) is 107 Å². The van der Waals surface area contributed by atoms with E-state index >= 15 is 0 Å². The molecule has 1 atom stereocenters.